The van der Waals surface area contributed by atoms with E-state index in [9.17, 15) is 14.7 Å². The quantitative estimate of drug-likeness (QED) is 0.320. The van der Waals surface area contributed by atoms with E-state index in [1.807, 2.05) is 24.3 Å². The Morgan fingerprint density at radius 2 is 1.94 bits per heavy atom. The maximum Gasteiger partial charge on any atom is 0.300 e. The first kappa shape index (κ1) is 21.3. The van der Waals surface area contributed by atoms with Crippen molar-refractivity contribution in [1.29, 1.82) is 0 Å². The molecule has 1 aliphatic heterocycles. The first-order valence-electron chi connectivity index (χ1n) is 9.51. The highest BCUT2D eigenvalue weighted by atomic mass is 32.2. The first-order valence-corrected chi connectivity index (χ1v) is 10.5. The largest absolute Gasteiger partial charge is 0.539 e. The number of amides is 1. The molecule has 0 unspecified atom stereocenters. The van der Waals surface area contributed by atoms with Crippen molar-refractivity contribution in [2.45, 2.75) is 0 Å². The van der Waals surface area contributed by atoms with Gasteiger partial charge in [0.15, 0.2) is 18.2 Å². The van der Waals surface area contributed by atoms with Crippen molar-refractivity contribution < 1.29 is 28.6 Å². The van der Waals surface area contributed by atoms with Crippen molar-refractivity contribution in [3.8, 4) is 11.7 Å². The summed E-state index contributed by atoms with van der Waals surface area (Å²) in [5.41, 5.74) is 1.34. The Morgan fingerprint density at radius 3 is 2.62 bits per heavy atom. The lowest BCUT2D eigenvalue weighted by atomic mass is 10.1. The number of aromatic nitrogens is 2. The van der Waals surface area contributed by atoms with Crippen LogP contribution in [0.15, 0.2) is 69.8 Å². The Balaban J connectivity index is 1.66. The molecular weight excluding hydrogens is 432 g/mol. The number of anilines is 1. The number of benzene rings is 2. The summed E-state index contributed by atoms with van der Waals surface area (Å²) in [5, 5.41) is 15.5. The zero-order valence-corrected chi connectivity index (χ0v) is 18.0. The summed E-state index contributed by atoms with van der Waals surface area (Å²) in [4.78, 5) is 31.7. The molecule has 4 rings (SSSR count). The molecule has 1 amide bonds. The third kappa shape index (κ3) is 4.12. The summed E-state index contributed by atoms with van der Waals surface area (Å²) in [6, 6.07) is 16.3. The van der Waals surface area contributed by atoms with Crippen LogP contribution < -0.4 is 19.4 Å². The lowest BCUT2D eigenvalue weighted by Crippen LogP contribution is -2.38. The topological polar surface area (TPSA) is 112 Å². The Bertz CT molecular complexity index is 1220. The van der Waals surface area contributed by atoms with Crippen LogP contribution >= 0.6 is 11.8 Å². The summed E-state index contributed by atoms with van der Waals surface area (Å²) in [5.74, 6) is -1.14. The standard InChI is InChI=1S/C22H18N4O5S/c1-25-19(21(29)31-24-25)17(27)13-32-22-23-16(12-14-8-6-7-11-18(14)30-2)20(28)26(22)15-9-4-3-5-10-15/h3-12H,13H2,1-2H3/b16-12+. The van der Waals surface area contributed by atoms with Crippen molar-refractivity contribution in [2.75, 3.05) is 17.8 Å². The molecule has 9 nitrogen and oxygen atoms in total. The van der Waals surface area contributed by atoms with Gasteiger partial charge in [-0.05, 0) is 24.3 Å². The number of thioether (sulfide) groups is 1. The van der Waals surface area contributed by atoms with E-state index in [1.54, 1.807) is 43.5 Å². The number of nitrogens with zero attached hydrogens (tertiary/aromatic N) is 4. The highest BCUT2D eigenvalue weighted by Crippen LogP contribution is 2.31. The van der Waals surface area contributed by atoms with E-state index in [1.165, 1.54) is 11.9 Å². The number of hydrogen-bond donors (Lipinski definition) is 0. The van der Waals surface area contributed by atoms with Crippen LogP contribution in [0, 0.1) is 0 Å². The lowest BCUT2D eigenvalue weighted by Gasteiger charge is -2.17. The van der Waals surface area contributed by atoms with Crippen LogP contribution in [0.2, 0.25) is 0 Å². The molecule has 0 saturated carbocycles. The Kier molecular flexibility index (Phi) is 6.04. The highest BCUT2D eigenvalue weighted by molar-refractivity contribution is 8.14. The van der Waals surface area contributed by atoms with Gasteiger partial charge in [-0.15, -0.1) is 0 Å². The van der Waals surface area contributed by atoms with E-state index in [0.717, 1.165) is 16.4 Å². The number of para-hydroxylation sites is 2. The van der Waals surface area contributed by atoms with Gasteiger partial charge >= 0.3 is 0 Å². The van der Waals surface area contributed by atoms with Gasteiger partial charge in [-0.2, -0.15) is 0 Å². The number of ketones is 1. The van der Waals surface area contributed by atoms with Crippen molar-refractivity contribution in [3.05, 3.63) is 71.6 Å². The molecular formula is C22H18N4O5S. The third-order valence-electron chi connectivity index (χ3n) is 4.63. The van der Waals surface area contributed by atoms with Gasteiger partial charge in [0.1, 0.15) is 11.4 Å². The summed E-state index contributed by atoms with van der Waals surface area (Å²) >= 11 is 1.05. The minimum atomic E-state index is -0.806. The van der Waals surface area contributed by atoms with Gasteiger partial charge in [0.25, 0.3) is 11.6 Å². The molecule has 1 aromatic heterocycles. The Labute approximate surface area is 187 Å². The predicted octanol–water partition coefficient (Wildman–Crippen LogP) is 1.94. The number of amidine groups is 1. The van der Waals surface area contributed by atoms with Gasteiger partial charge in [0, 0.05) is 5.56 Å². The van der Waals surface area contributed by atoms with E-state index in [4.69, 9.17) is 4.74 Å². The van der Waals surface area contributed by atoms with E-state index in [-0.39, 0.29) is 23.1 Å². The number of methoxy groups -OCH3 is 1. The van der Waals surface area contributed by atoms with Crippen molar-refractivity contribution >= 4 is 40.4 Å². The molecule has 10 heteroatoms. The average molecular weight is 450 g/mol. The smallest absolute Gasteiger partial charge is 0.300 e. The molecule has 2 heterocycles. The molecule has 0 N–H and O–H groups in total. The molecule has 32 heavy (non-hydrogen) atoms. The fourth-order valence-corrected chi connectivity index (χ4v) is 4.02. The molecule has 0 aliphatic carbocycles. The number of ether oxygens (including phenoxy) is 1. The summed E-state index contributed by atoms with van der Waals surface area (Å²) < 4.78 is 11.0. The van der Waals surface area contributed by atoms with Gasteiger partial charge < -0.3 is 14.4 Å². The maximum atomic E-state index is 13.2. The molecule has 0 atom stereocenters. The first-order chi connectivity index (χ1) is 15.5. The van der Waals surface area contributed by atoms with E-state index >= 15 is 0 Å². The fourth-order valence-electron chi connectivity index (χ4n) is 3.14. The zero-order chi connectivity index (χ0) is 22.7. The molecule has 0 saturated heterocycles. The van der Waals surface area contributed by atoms with Gasteiger partial charge in [-0.3, -0.25) is 14.5 Å². The second-order valence-corrected chi connectivity index (χ2v) is 7.63. The van der Waals surface area contributed by atoms with Crippen LogP contribution in [-0.4, -0.2) is 35.0 Å². The minimum Gasteiger partial charge on any atom is -0.539 e. The Morgan fingerprint density at radius 1 is 1.22 bits per heavy atom. The zero-order valence-electron chi connectivity index (χ0n) is 17.2. The maximum absolute atomic E-state index is 13.2. The van der Waals surface area contributed by atoms with Crippen LogP contribution in [0.3, 0.4) is 0 Å². The third-order valence-corrected chi connectivity index (χ3v) is 5.57. The van der Waals surface area contributed by atoms with Gasteiger partial charge in [0.05, 0.1) is 23.8 Å². The number of aliphatic imine (C=N–C) groups is 1. The van der Waals surface area contributed by atoms with Gasteiger partial charge in [-0.25, -0.2) is 4.99 Å². The second-order valence-electron chi connectivity index (χ2n) is 6.69. The van der Waals surface area contributed by atoms with Crippen molar-refractivity contribution in [2.24, 2.45) is 12.0 Å². The van der Waals surface area contributed by atoms with Crippen LogP contribution in [0.25, 0.3) is 6.08 Å². The Hall–Kier alpha value is -3.92. The average Bonchev–Trinajstić information content (AvgIpc) is 3.31. The fraction of sp³-hybridized carbons (Fsp3) is 0.136. The highest BCUT2D eigenvalue weighted by Gasteiger charge is 2.33. The normalized spacial score (nSPS) is 14.7. The molecule has 0 bridgehead atoms. The number of rotatable bonds is 6. The summed E-state index contributed by atoms with van der Waals surface area (Å²) in [7, 11) is 3.00. The second kappa shape index (κ2) is 9.06. The SMILES string of the molecule is COc1ccccc1/C=C1/N=C(SCC(=O)c2c([O-])on[n+]2C)N(c2ccccc2)C1=O. The predicted molar refractivity (Wildman–Crippen MR) is 116 cm³/mol. The number of carbonyl (C=O) groups excluding carboxylic acids is 2. The van der Waals surface area contributed by atoms with Crippen molar-refractivity contribution in [1.82, 2.24) is 5.27 Å². The van der Waals surface area contributed by atoms with Crippen LogP contribution in [-0.2, 0) is 11.8 Å². The van der Waals surface area contributed by atoms with Gasteiger partial charge in [-0.1, -0.05) is 52.8 Å². The number of aryl methyl sites for hydroxylation is 1. The van der Waals surface area contributed by atoms with E-state index in [2.05, 4.69) is 14.8 Å². The molecule has 0 radical (unpaired) electrons. The summed E-state index contributed by atoms with van der Waals surface area (Å²) in [6.45, 7) is 0. The molecule has 3 aromatic rings. The number of carbonyl (C=O) groups is 2. The van der Waals surface area contributed by atoms with Crippen LogP contribution in [0.5, 0.6) is 11.7 Å². The molecule has 1 aliphatic rings. The van der Waals surface area contributed by atoms with Gasteiger partial charge in [0.2, 0.25) is 5.78 Å². The molecule has 0 spiro atoms. The number of hydrogen-bond acceptors (Lipinski definition) is 8. The van der Waals surface area contributed by atoms with Crippen LogP contribution in [0.4, 0.5) is 5.69 Å². The molecule has 2 aromatic carbocycles. The monoisotopic (exact) mass is 450 g/mol. The minimum absolute atomic E-state index is 0.123. The van der Waals surface area contributed by atoms with Crippen molar-refractivity contribution in [3.63, 3.8) is 0 Å². The van der Waals surface area contributed by atoms with E-state index in [0.29, 0.717) is 22.2 Å². The molecule has 0 fully saturated rings. The molecule has 162 valence electrons. The summed E-state index contributed by atoms with van der Waals surface area (Å²) in [6.07, 6.45) is 1.64. The van der Waals surface area contributed by atoms with Crippen LogP contribution in [0.1, 0.15) is 16.1 Å². The van der Waals surface area contributed by atoms with E-state index < -0.39 is 11.7 Å². The lowest BCUT2D eigenvalue weighted by molar-refractivity contribution is -0.741. The number of Topliss-reactive ketones (excluding diaryl/α,β-unsaturated/α-hetero) is 1.